The Morgan fingerprint density at radius 1 is 1.29 bits per heavy atom. The van der Waals surface area contributed by atoms with E-state index in [1.807, 2.05) is 14.0 Å². The standard InChI is InChI=1S/C12H28N4O/c1-5-14-12(17)9-11(10-13)16(4)8-6-7-15(2)3/h11H,5-10,13H2,1-4H3,(H,14,17). The topological polar surface area (TPSA) is 61.6 Å². The van der Waals surface area contributed by atoms with Gasteiger partial charge in [-0.05, 0) is 47.6 Å². The van der Waals surface area contributed by atoms with Crippen LogP contribution in [0.25, 0.3) is 0 Å². The van der Waals surface area contributed by atoms with Gasteiger partial charge in [-0.1, -0.05) is 0 Å². The largest absolute Gasteiger partial charge is 0.356 e. The quantitative estimate of drug-likeness (QED) is 0.586. The molecule has 0 aliphatic rings. The van der Waals surface area contributed by atoms with Crippen LogP contribution in [-0.2, 0) is 4.79 Å². The smallest absolute Gasteiger partial charge is 0.221 e. The molecule has 0 bridgehead atoms. The normalized spacial score (nSPS) is 13.1. The number of nitrogens with one attached hydrogen (secondary N) is 1. The van der Waals surface area contributed by atoms with E-state index in [9.17, 15) is 4.79 Å². The molecule has 0 radical (unpaired) electrons. The summed E-state index contributed by atoms with van der Waals surface area (Å²) in [7, 11) is 6.16. The minimum Gasteiger partial charge on any atom is -0.356 e. The minimum atomic E-state index is 0.0856. The maximum Gasteiger partial charge on any atom is 0.221 e. The highest BCUT2D eigenvalue weighted by Gasteiger charge is 2.16. The van der Waals surface area contributed by atoms with Gasteiger partial charge in [-0.15, -0.1) is 0 Å². The molecular formula is C12H28N4O. The summed E-state index contributed by atoms with van der Waals surface area (Å²) in [5.74, 6) is 0.0856. The number of rotatable bonds is 9. The van der Waals surface area contributed by atoms with E-state index in [0.29, 0.717) is 19.5 Å². The van der Waals surface area contributed by atoms with Crippen molar-refractivity contribution < 1.29 is 4.79 Å². The van der Waals surface area contributed by atoms with Crippen LogP contribution in [0.4, 0.5) is 0 Å². The van der Waals surface area contributed by atoms with Crippen LogP contribution in [0.3, 0.4) is 0 Å². The number of carbonyl (C=O) groups is 1. The molecule has 3 N–H and O–H groups in total. The molecular weight excluding hydrogens is 216 g/mol. The maximum absolute atomic E-state index is 11.5. The molecule has 0 saturated carbocycles. The molecule has 0 rings (SSSR count). The average Bonchev–Trinajstić information content (AvgIpc) is 2.25. The third kappa shape index (κ3) is 8.12. The van der Waals surface area contributed by atoms with E-state index < -0.39 is 0 Å². The van der Waals surface area contributed by atoms with Crippen LogP contribution in [0.15, 0.2) is 0 Å². The Morgan fingerprint density at radius 2 is 1.94 bits per heavy atom. The zero-order chi connectivity index (χ0) is 13.3. The van der Waals surface area contributed by atoms with Crippen molar-refractivity contribution in [3.63, 3.8) is 0 Å². The number of carbonyl (C=O) groups excluding carboxylic acids is 1. The lowest BCUT2D eigenvalue weighted by molar-refractivity contribution is -0.122. The Hall–Kier alpha value is -0.650. The Balaban J connectivity index is 3.94. The highest BCUT2D eigenvalue weighted by molar-refractivity contribution is 5.76. The van der Waals surface area contributed by atoms with Gasteiger partial charge in [-0.3, -0.25) is 4.79 Å². The second-order valence-corrected chi connectivity index (χ2v) is 4.68. The van der Waals surface area contributed by atoms with Crippen LogP contribution in [0.1, 0.15) is 19.8 Å². The molecule has 0 aromatic rings. The molecule has 0 aliphatic carbocycles. The number of amides is 1. The lowest BCUT2D eigenvalue weighted by atomic mass is 10.1. The number of hydrogen-bond acceptors (Lipinski definition) is 4. The third-order valence-electron chi connectivity index (χ3n) is 2.81. The molecule has 102 valence electrons. The van der Waals surface area contributed by atoms with Gasteiger partial charge in [0, 0.05) is 25.6 Å². The fourth-order valence-electron chi connectivity index (χ4n) is 1.72. The Bertz CT molecular complexity index is 209. The van der Waals surface area contributed by atoms with E-state index in [2.05, 4.69) is 29.2 Å². The van der Waals surface area contributed by atoms with E-state index in [-0.39, 0.29) is 11.9 Å². The fourth-order valence-corrected chi connectivity index (χ4v) is 1.72. The van der Waals surface area contributed by atoms with Crippen molar-refractivity contribution in [3.8, 4) is 0 Å². The molecule has 5 heteroatoms. The van der Waals surface area contributed by atoms with Crippen LogP contribution in [0, 0.1) is 0 Å². The van der Waals surface area contributed by atoms with Crippen molar-refractivity contribution >= 4 is 5.91 Å². The van der Waals surface area contributed by atoms with Gasteiger partial charge in [0.1, 0.15) is 0 Å². The van der Waals surface area contributed by atoms with Gasteiger partial charge in [-0.2, -0.15) is 0 Å². The van der Waals surface area contributed by atoms with Gasteiger partial charge in [0.15, 0.2) is 0 Å². The van der Waals surface area contributed by atoms with Gasteiger partial charge in [0.05, 0.1) is 0 Å². The van der Waals surface area contributed by atoms with E-state index in [1.54, 1.807) is 0 Å². The molecule has 0 heterocycles. The number of nitrogens with zero attached hydrogens (tertiary/aromatic N) is 2. The zero-order valence-corrected chi connectivity index (χ0v) is 11.7. The van der Waals surface area contributed by atoms with Crippen LogP contribution in [-0.4, -0.2) is 69.1 Å². The highest BCUT2D eigenvalue weighted by atomic mass is 16.1. The molecule has 0 aliphatic heterocycles. The summed E-state index contributed by atoms with van der Waals surface area (Å²) in [4.78, 5) is 15.8. The van der Waals surface area contributed by atoms with E-state index in [4.69, 9.17) is 5.73 Å². The molecule has 1 atom stereocenters. The van der Waals surface area contributed by atoms with Gasteiger partial charge in [-0.25, -0.2) is 0 Å². The monoisotopic (exact) mass is 244 g/mol. The summed E-state index contributed by atoms with van der Waals surface area (Å²) in [5, 5.41) is 2.81. The van der Waals surface area contributed by atoms with Crippen molar-refractivity contribution in [3.05, 3.63) is 0 Å². The second kappa shape index (κ2) is 9.39. The predicted molar refractivity (Wildman–Crippen MR) is 71.9 cm³/mol. The first kappa shape index (κ1) is 16.4. The van der Waals surface area contributed by atoms with Crippen LogP contribution in [0.5, 0.6) is 0 Å². The Kier molecular flexibility index (Phi) is 9.03. The minimum absolute atomic E-state index is 0.0856. The first-order chi connectivity index (χ1) is 8.01. The van der Waals surface area contributed by atoms with Crippen molar-refractivity contribution in [2.45, 2.75) is 25.8 Å². The van der Waals surface area contributed by atoms with E-state index in [1.165, 1.54) is 0 Å². The molecule has 5 nitrogen and oxygen atoms in total. The lowest BCUT2D eigenvalue weighted by Crippen LogP contribution is -2.42. The zero-order valence-electron chi connectivity index (χ0n) is 11.7. The predicted octanol–water partition coefficient (Wildman–Crippen LogP) is -0.277. The molecule has 0 spiro atoms. The maximum atomic E-state index is 11.5. The van der Waals surface area contributed by atoms with Gasteiger partial charge < -0.3 is 20.9 Å². The molecule has 17 heavy (non-hydrogen) atoms. The van der Waals surface area contributed by atoms with E-state index >= 15 is 0 Å². The van der Waals surface area contributed by atoms with Crippen molar-refractivity contribution in [2.75, 3.05) is 47.3 Å². The highest BCUT2D eigenvalue weighted by Crippen LogP contribution is 2.02. The summed E-state index contributed by atoms with van der Waals surface area (Å²) >= 11 is 0. The Labute approximate surface area is 105 Å². The molecule has 1 amide bonds. The Morgan fingerprint density at radius 3 is 2.41 bits per heavy atom. The van der Waals surface area contributed by atoms with E-state index in [0.717, 1.165) is 19.5 Å². The summed E-state index contributed by atoms with van der Waals surface area (Å²) < 4.78 is 0. The second-order valence-electron chi connectivity index (χ2n) is 4.68. The first-order valence-corrected chi connectivity index (χ1v) is 6.33. The number of hydrogen-bond donors (Lipinski definition) is 2. The summed E-state index contributed by atoms with van der Waals surface area (Å²) in [6.45, 7) is 5.16. The fraction of sp³-hybridized carbons (Fsp3) is 0.917. The third-order valence-corrected chi connectivity index (χ3v) is 2.81. The number of likely N-dealkylation sites (N-methyl/N-ethyl adjacent to an activating group) is 1. The molecule has 0 fully saturated rings. The summed E-state index contributed by atoms with van der Waals surface area (Å²) in [6.07, 6.45) is 1.58. The van der Waals surface area contributed by atoms with Crippen molar-refractivity contribution in [1.29, 1.82) is 0 Å². The van der Waals surface area contributed by atoms with Crippen LogP contribution >= 0.6 is 0 Å². The van der Waals surface area contributed by atoms with Crippen molar-refractivity contribution in [1.82, 2.24) is 15.1 Å². The molecule has 0 saturated heterocycles. The van der Waals surface area contributed by atoms with Crippen LogP contribution < -0.4 is 11.1 Å². The molecule has 0 aromatic carbocycles. The molecule has 0 aromatic heterocycles. The van der Waals surface area contributed by atoms with Gasteiger partial charge in [0.25, 0.3) is 0 Å². The number of nitrogens with two attached hydrogens (primary N) is 1. The van der Waals surface area contributed by atoms with Crippen molar-refractivity contribution in [2.24, 2.45) is 5.73 Å². The first-order valence-electron chi connectivity index (χ1n) is 6.33. The lowest BCUT2D eigenvalue weighted by Gasteiger charge is -2.27. The van der Waals surface area contributed by atoms with Crippen LogP contribution in [0.2, 0.25) is 0 Å². The average molecular weight is 244 g/mol. The molecule has 1 unspecified atom stereocenters. The SMILES string of the molecule is CCNC(=O)CC(CN)N(C)CCCN(C)C. The van der Waals surface area contributed by atoms with Gasteiger partial charge in [0.2, 0.25) is 5.91 Å². The summed E-state index contributed by atoms with van der Waals surface area (Å²) in [5.41, 5.74) is 5.72. The summed E-state index contributed by atoms with van der Waals surface area (Å²) in [6, 6.07) is 0.142. The van der Waals surface area contributed by atoms with Gasteiger partial charge >= 0.3 is 0 Å².